The van der Waals surface area contributed by atoms with Crippen molar-refractivity contribution in [1.29, 1.82) is 0 Å². The summed E-state index contributed by atoms with van der Waals surface area (Å²) in [4.78, 5) is 29.2. The van der Waals surface area contributed by atoms with E-state index in [1.165, 1.54) is 32.1 Å². The number of piperidine rings is 1. The van der Waals surface area contributed by atoms with Gasteiger partial charge in [0.05, 0.1) is 5.69 Å². The summed E-state index contributed by atoms with van der Waals surface area (Å²) in [6.45, 7) is 6.29. The van der Waals surface area contributed by atoms with Crippen LogP contribution in [0, 0.1) is 25.7 Å². The Morgan fingerprint density at radius 3 is 2.21 bits per heavy atom. The van der Waals surface area contributed by atoms with Crippen molar-refractivity contribution < 1.29 is 9.59 Å². The highest BCUT2D eigenvalue weighted by Gasteiger charge is 2.27. The van der Waals surface area contributed by atoms with Crippen LogP contribution >= 0.6 is 0 Å². The molecule has 0 unspecified atom stereocenters. The number of rotatable bonds is 6. The van der Waals surface area contributed by atoms with Crippen LogP contribution in [0.25, 0.3) is 0 Å². The Kier molecular flexibility index (Phi) is 7.36. The van der Waals surface area contributed by atoms with Gasteiger partial charge in [-0.05, 0) is 51.4 Å². The number of hydrogen-bond donors (Lipinski definition) is 0. The van der Waals surface area contributed by atoms with Gasteiger partial charge in [0, 0.05) is 57.8 Å². The van der Waals surface area contributed by atoms with Crippen molar-refractivity contribution in [2.45, 2.75) is 78.2 Å². The number of likely N-dealkylation sites (tertiary alicyclic amines) is 1. The average molecular weight is 403 g/mol. The first-order valence-corrected chi connectivity index (χ1v) is 11.4. The molecule has 1 aliphatic carbocycles. The standard InChI is InChI=1S/C23H38N4O2/c1-17-21(18(2)26(4)24-17)16-25(3)22(28)14-20-10-12-27(13-11-20)23(29)15-19-8-6-5-7-9-19/h19-20H,5-16H2,1-4H3. The van der Waals surface area contributed by atoms with Gasteiger partial charge >= 0.3 is 0 Å². The molecule has 1 saturated carbocycles. The number of carbonyl (C=O) groups excluding carboxylic acids is 2. The summed E-state index contributed by atoms with van der Waals surface area (Å²) in [5, 5.41) is 4.45. The van der Waals surface area contributed by atoms with Crippen molar-refractivity contribution in [3.63, 3.8) is 0 Å². The maximum atomic E-state index is 12.7. The third-order valence-electron chi connectivity index (χ3n) is 7.10. The highest BCUT2D eigenvalue weighted by molar-refractivity contribution is 5.77. The molecule has 2 heterocycles. The first kappa shape index (κ1) is 21.8. The van der Waals surface area contributed by atoms with Crippen molar-refractivity contribution >= 4 is 11.8 Å². The summed E-state index contributed by atoms with van der Waals surface area (Å²) in [5.74, 6) is 1.52. The molecular weight excluding hydrogens is 364 g/mol. The van der Waals surface area contributed by atoms with Gasteiger partial charge in [0.25, 0.3) is 0 Å². The molecule has 0 radical (unpaired) electrons. The quantitative estimate of drug-likeness (QED) is 0.731. The molecule has 6 nitrogen and oxygen atoms in total. The summed E-state index contributed by atoms with van der Waals surface area (Å²) in [7, 11) is 3.83. The van der Waals surface area contributed by atoms with Crippen LogP contribution in [-0.4, -0.2) is 51.5 Å². The van der Waals surface area contributed by atoms with Gasteiger partial charge in [-0.1, -0.05) is 19.3 Å². The van der Waals surface area contributed by atoms with Gasteiger partial charge in [0.1, 0.15) is 0 Å². The van der Waals surface area contributed by atoms with Gasteiger partial charge in [-0.15, -0.1) is 0 Å². The Bertz CT molecular complexity index is 713. The van der Waals surface area contributed by atoms with E-state index in [4.69, 9.17) is 0 Å². The zero-order valence-electron chi connectivity index (χ0n) is 18.7. The van der Waals surface area contributed by atoms with E-state index in [0.29, 0.717) is 30.7 Å². The Balaban J connectivity index is 1.42. The average Bonchev–Trinajstić information content (AvgIpc) is 2.95. The molecule has 0 atom stereocenters. The fraction of sp³-hybridized carbons (Fsp3) is 0.783. The van der Waals surface area contributed by atoms with Crippen LogP contribution in [0.2, 0.25) is 0 Å². The minimum Gasteiger partial charge on any atom is -0.343 e. The third kappa shape index (κ3) is 5.61. The summed E-state index contributed by atoms with van der Waals surface area (Å²) < 4.78 is 1.88. The van der Waals surface area contributed by atoms with Crippen LogP contribution in [0.5, 0.6) is 0 Å². The molecular formula is C23H38N4O2. The zero-order chi connectivity index (χ0) is 21.0. The van der Waals surface area contributed by atoms with Crippen LogP contribution < -0.4 is 0 Å². The highest BCUT2D eigenvalue weighted by Crippen LogP contribution is 2.28. The maximum absolute atomic E-state index is 12.7. The molecule has 1 aromatic rings. The summed E-state index contributed by atoms with van der Waals surface area (Å²) in [5.41, 5.74) is 3.26. The predicted octanol–water partition coefficient (Wildman–Crippen LogP) is 3.59. The normalized spacial score (nSPS) is 18.8. The Morgan fingerprint density at radius 1 is 1.00 bits per heavy atom. The van der Waals surface area contributed by atoms with E-state index in [2.05, 4.69) is 5.10 Å². The lowest BCUT2D eigenvalue weighted by Crippen LogP contribution is -2.40. The molecule has 2 fully saturated rings. The van der Waals surface area contributed by atoms with Crippen molar-refractivity contribution in [1.82, 2.24) is 19.6 Å². The zero-order valence-corrected chi connectivity index (χ0v) is 18.7. The van der Waals surface area contributed by atoms with E-state index >= 15 is 0 Å². The molecule has 6 heteroatoms. The van der Waals surface area contributed by atoms with Crippen LogP contribution in [0.4, 0.5) is 0 Å². The van der Waals surface area contributed by atoms with Crippen LogP contribution in [-0.2, 0) is 23.2 Å². The number of hydrogen-bond acceptors (Lipinski definition) is 3. The van der Waals surface area contributed by atoms with E-state index in [0.717, 1.165) is 49.3 Å². The molecule has 1 saturated heterocycles. The van der Waals surface area contributed by atoms with Gasteiger partial charge < -0.3 is 9.80 Å². The van der Waals surface area contributed by atoms with E-state index in [1.807, 2.05) is 42.4 Å². The molecule has 162 valence electrons. The third-order valence-corrected chi connectivity index (χ3v) is 7.10. The largest absolute Gasteiger partial charge is 0.343 e. The van der Waals surface area contributed by atoms with E-state index in [9.17, 15) is 9.59 Å². The molecule has 0 aromatic carbocycles. The second kappa shape index (κ2) is 9.77. The smallest absolute Gasteiger partial charge is 0.222 e. The molecule has 1 aromatic heterocycles. The fourth-order valence-electron chi connectivity index (χ4n) is 4.93. The number of carbonyl (C=O) groups is 2. The fourth-order valence-corrected chi connectivity index (χ4v) is 4.93. The Labute approximate surface area is 175 Å². The second-order valence-corrected chi connectivity index (χ2v) is 9.26. The topological polar surface area (TPSA) is 58.4 Å². The molecule has 0 spiro atoms. The van der Waals surface area contributed by atoms with E-state index < -0.39 is 0 Å². The van der Waals surface area contributed by atoms with Crippen molar-refractivity contribution in [3.8, 4) is 0 Å². The SMILES string of the molecule is Cc1nn(C)c(C)c1CN(C)C(=O)CC1CCN(C(=O)CC2CCCCC2)CC1. The first-order chi connectivity index (χ1) is 13.8. The van der Waals surface area contributed by atoms with Gasteiger partial charge in [0.15, 0.2) is 0 Å². The van der Waals surface area contributed by atoms with Gasteiger partial charge in [-0.25, -0.2) is 0 Å². The van der Waals surface area contributed by atoms with Crippen LogP contribution in [0.3, 0.4) is 0 Å². The van der Waals surface area contributed by atoms with Gasteiger partial charge in [-0.2, -0.15) is 5.10 Å². The number of aromatic nitrogens is 2. The Hall–Kier alpha value is -1.85. The van der Waals surface area contributed by atoms with E-state index in [1.54, 1.807) is 0 Å². The highest BCUT2D eigenvalue weighted by atomic mass is 16.2. The Morgan fingerprint density at radius 2 is 1.62 bits per heavy atom. The predicted molar refractivity (Wildman–Crippen MR) is 114 cm³/mol. The summed E-state index contributed by atoms with van der Waals surface area (Å²) in [6.07, 6.45) is 9.55. The van der Waals surface area contributed by atoms with Gasteiger partial charge in [0.2, 0.25) is 11.8 Å². The first-order valence-electron chi connectivity index (χ1n) is 11.4. The molecule has 2 amide bonds. The minimum absolute atomic E-state index is 0.194. The lowest BCUT2D eigenvalue weighted by Gasteiger charge is -2.33. The molecule has 0 N–H and O–H groups in total. The molecule has 2 aliphatic rings. The molecule has 3 rings (SSSR count). The summed E-state index contributed by atoms with van der Waals surface area (Å²) in [6, 6.07) is 0. The number of aryl methyl sites for hydroxylation is 2. The van der Waals surface area contributed by atoms with Crippen molar-refractivity contribution in [2.75, 3.05) is 20.1 Å². The lowest BCUT2D eigenvalue weighted by atomic mass is 9.86. The molecule has 29 heavy (non-hydrogen) atoms. The minimum atomic E-state index is 0.194. The number of amides is 2. The van der Waals surface area contributed by atoms with Crippen LogP contribution in [0.15, 0.2) is 0 Å². The molecule has 0 bridgehead atoms. The maximum Gasteiger partial charge on any atom is 0.222 e. The lowest BCUT2D eigenvalue weighted by molar-refractivity contribution is -0.134. The molecule has 1 aliphatic heterocycles. The monoisotopic (exact) mass is 402 g/mol. The van der Waals surface area contributed by atoms with Crippen LogP contribution in [0.1, 0.15) is 74.7 Å². The second-order valence-electron chi connectivity index (χ2n) is 9.26. The number of nitrogens with zero attached hydrogens (tertiary/aromatic N) is 4. The summed E-state index contributed by atoms with van der Waals surface area (Å²) >= 11 is 0. The van der Waals surface area contributed by atoms with E-state index in [-0.39, 0.29) is 5.91 Å². The van der Waals surface area contributed by atoms with Crippen molar-refractivity contribution in [2.24, 2.45) is 18.9 Å². The van der Waals surface area contributed by atoms with Crippen molar-refractivity contribution in [3.05, 3.63) is 17.0 Å². The van der Waals surface area contributed by atoms with Gasteiger partial charge in [-0.3, -0.25) is 14.3 Å².